The molecule has 2 unspecified atom stereocenters. The molecule has 0 aliphatic carbocycles. The lowest BCUT2D eigenvalue weighted by Crippen LogP contribution is -2.20. The molecule has 0 radical (unpaired) electrons. The van der Waals surface area contributed by atoms with Crippen molar-refractivity contribution in [3.8, 4) is 0 Å². The third-order valence-corrected chi connectivity index (χ3v) is 3.27. The zero-order valence-corrected chi connectivity index (χ0v) is 11.4. The van der Waals surface area contributed by atoms with E-state index in [0.717, 1.165) is 12.8 Å². The Hall–Kier alpha value is -0.530. The molecule has 0 saturated carbocycles. The maximum atomic E-state index is 11.7. The first-order valence-corrected chi connectivity index (χ1v) is 6.86. The van der Waals surface area contributed by atoms with Crippen LogP contribution in [0.15, 0.2) is 0 Å². The quantitative estimate of drug-likeness (QED) is 0.553. The van der Waals surface area contributed by atoms with Crippen molar-refractivity contribution in [2.75, 3.05) is 6.61 Å². The molecule has 0 heterocycles. The van der Waals surface area contributed by atoms with Crippen LogP contribution in [0.5, 0.6) is 0 Å². The molecule has 2 nitrogen and oxygen atoms in total. The molecule has 0 aliphatic heterocycles. The minimum absolute atomic E-state index is 0.0000477. The molecule has 2 atom stereocenters. The fourth-order valence-corrected chi connectivity index (χ4v) is 2.07. The van der Waals surface area contributed by atoms with E-state index in [9.17, 15) is 4.79 Å². The molecule has 2 heteroatoms. The van der Waals surface area contributed by atoms with Gasteiger partial charge >= 0.3 is 5.97 Å². The summed E-state index contributed by atoms with van der Waals surface area (Å²) < 4.78 is 5.11. The molecule has 16 heavy (non-hydrogen) atoms. The highest BCUT2D eigenvalue weighted by atomic mass is 16.5. The van der Waals surface area contributed by atoms with Crippen molar-refractivity contribution in [2.24, 2.45) is 11.8 Å². The Morgan fingerprint density at radius 2 is 1.81 bits per heavy atom. The molecule has 0 aromatic rings. The van der Waals surface area contributed by atoms with E-state index in [1.807, 2.05) is 6.92 Å². The smallest absolute Gasteiger partial charge is 0.308 e. The Kier molecular flexibility index (Phi) is 9.36. The van der Waals surface area contributed by atoms with Gasteiger partial charge in [-0.1, -0.05) is 46.5 Å². The highest BCUT2D eigenvalue weighted by Gasteiger charge is 2.21. The lowest BCUT2D eigenvalue weighted by molar-refractivity contribution is -0.148. The van der Waals surface area contributed by atoms with Crippen LogP contribution in [0, 0.1) is 11.8 Å². The minimum Gasteiger partial charge on any atom is -0.466 e. The van der Waals surface area contributed by atoms with Crippen molar-refractivity contribution >= 4 is 5.97 Å². The molecule has 0 N–H and O–H groups in total. The first-order valence-electron chi connectivity index (χ1n) is 6.86. The summed E-state index contributed by atoms with van der Waals surface area (Å²) in [6.45, 7) is 8.89. The molecule has 0 aromatic heterocycles. The summed E-state index contributed by atoms with van der Waals surface area (Å²) >= 11 is 0. The van der Waals surface area contributed by atoms with Crippen LogP contribution in [0.25, 0.3) is 0 Å². The number of esters is 1. The normalized spacial score (nSPS) is 14.5. The van der Waals surface area contributed by atoms with E-state index in [0.29, 0.717) is 12.5 Å². The largest absolute Gasteiger partial charge is 0.466 e. The summed E-state index contributed by atoms with van der Waals surface area (Å²) in [5, 5.41) is 0. The Morgan fingerprint density at radius 1 is 1.12 bits per heavy atom. The Morgan fingerprint density at radius 3 is 2.25 bits per heavy atom. The number of hydrogen-bond acceptors (Lipinski definition) is 2. The van der Waals surface area contributed by atoms with E-state index in [1.54, 1.807) is 0 Å². The predicted octanol–water partition coefficient (Wildman–Crippen LogP) is 4.18. The van der Waals surface area contributed by atoms with Crippen molar-refractivity contribution < 1.29 is 9.53 Å². The number of unbranched alkanes of at least 4 members (excludes halogenated alkanes) is 1. The number of carbonyl (C=O) groups excluding carboxylic acids is 1. The van der Waals surface area contributed by atoms with E-state index < -0.39 is 0 Å². The van der Waals surface area contributed by atoms with Gasteiger partial charge in [0.25, 0.3) is 0 Å². The van der Waals surface area contributed by atoms with Crippen LogP contribution in [0.4, 0.5) is 0 Å². The molecular weight excluding hydrogens is 200 g/mol. The van der Waals surface area contributed by atoms with E-state index >= 15 is 0 Å². The molecule has 0 rings (SSSR count). The molecule has 0 amide bonds. The minimum atomic E-state index is -0.0000477. The number of ether oxygens (including phenoxy) is 1. The SMILES string of the molecule is CCCCC(CC)CC(CC)C(=O)OCC. The van der Waals surface area contributed by atoms with Crippen molar-refractivity contribution in [1.29, 1.82) is 0 Å². The van der Waals surface area contributed by atoms with Crippen molar-refractivity contribution in [3.05, 3.63) is 0 Å². The lowest BCUT2D eigenvalue weighted by atomic mass is 9.87. The fraction of sp³-hybridized carbons (Fsp3) is 0.929. The topological polar surface area (TPSA) is 26.3 Å². The summed E-state index contributed by atoms with van der Waals surface area (Å²) in [5.41, 5.74) is 0. The van der Waals surface area contributed by atoms with Gasteiger partial charge in [0.15, 0.2) is 0 Å². The molecule has 0 bridgehead atoms. The van der Waals surface area contributed by atoms with Crippen LogP contribution >= 0.6 is 0 Å². The van der Waals surface area contributed by atoms with E-state index in [2.05, 4.69) is 20.8 Å². The van der Waals surface area contributed by atoms with Gasteiger partial charge in [-0.05, 0) is 25.7 Å². The zero-order valence-electron chi connectivity index (χ0n) is 11.4. The van der Waals surface area contributed by atoms with Gasteiger partial charge in [-0.25, -0.2) is 0 Å². The lowest BCUT2D eigenvalue weighted by Gasteiger charge is -2.20. The Bertz CT molecular complexity index is 178. The number of carbonyl (C=O) groups is 1. The summed E-state index contributed by atoms with van der Waals surface area (Å²) in [6.07, 6.45) is 6.86. The predicted molar refractivity (Wildman–Crippen MR) is 68.3 cm³/mol. The molecular formula is C14H28O2. The van der Waals surface area contributed by atoms with E-state index in [-0.39, 0.29) is 11.9 Å². The maximum Gasteiger partial charge on any atom is 0.308 e. The standard InChI is InChI=1S/C14H28O2/c1-5-9-10-12(6-2)11-13(7-3)14(15)16-8-4/h12-13H,5-11H2,1-4H3. The van der Waals surface area contributed by atoms with Gasteiger partial charge in [0, 0.05) is 0 Å². The average Bonchev–Trinajstić information content (AvgIpc) is 2.30. The van der Waals surface area contributed by atoms with Crippen LogP contribution < -0.4 is 0 Å². The van der Waals surface area contributed by atoms with Gasteiger partial charge in [0.2, 0.25) is 0 Å². The highest BCUT2D eigenvalue weighted by molar-refractivity contribution is 5.72. The van der Waals surface area contributed by atoms with Gasteiger partial charge in [-0.2, -0.15) is 0 Å². The number of hydrogen-bond donors (Lipinski definition) is 0. The molecule has 96 valence electrons. The van der Waals surface area contributed by atoms with Gasteiger partial charge in [-0.3, -0.25) is 4.79 Å². The summed E-state index contributed by atoms with van der Waals surface area (Å²) in [4.78, 5) is 11.7. The van der Waals surface area contributed by atoms with Crippen molar-refractivity contribution in [1.82, 2.24) is 0 Å². The van der Waals surface area contributed by atoms with Crippen molar-refractivity contribution in [2.45, 2.75) is 66.2 Å². The first-order chi connectivity index (χ1) is 7.69. The van der Waals surface area contributed by atoms with Gasteiger partial charge in [0.05, 0.1) is 12.5 Å². The Labute approximate surface area is 101 Å². The number of rotatable bonds is 9. The van der Waals surface area contributed by atoms with Gasteiger partial charge < -0.3 is 4.74 Å². The van der Waals surface area contributed by atoms with Crippen LogP contribution in [-0.4, -0.2) is 12.6 Å². The molecule has 0 saturated heterocycles. The summed E-state index contributed by atoms with van der Waals surface area (Å²) in [6, 6.07) is 0. The second kappa shape index (κ2) is 9.68. The first kappa shape index (κ1) is 15.5. The second-order valence-electron chi connectivity index (χ2n) is 4.51. The van der Waals surface area contributed by atoms with E-state index in [4.69, 9.17) is 4.74 Å². The molecule has 0 fully saturated rings. The highest BCUT2D eigenvalue weighted by Crippen LogP contribution is 2.24. The summed E-state index contributed by atoms with van der Waals surface area (Å²) in [5.74, 6) is 0.802. The zero-order chi connectivity index (χ0) is 12.4. The van der Waals surface area contributed by atoms with Crippen LogP contribution in [0.1, 0.15) is 66.2 Å². The molecule has 0 aromatic carbocycles. The van der Waals surface area contributed by atoms with E-state index in [1.165, 1.54) is 25.7 Å². The van der Waals surface area contributed by atoms with Crippen LogP contribution in [-0.2, 0) is 9.53 Å². The maximum absolute atomic E-state index is 11.7. The Balaban J connectivity index is 4.10. The van der Waals surface area contributed by atoms with Crippen LogP contribution in [0.3, 0.4) is 0 Å². The third-order valence-electron chi connectivity index (χ3n) is 3.27. The average molecular weight is 228 g/mol. The summed E-state index contributed by atoms with van der Waals surface area (Å²) in [7, 11) is 0. The third kappa shape index (κ3) is 6.14. The monoisotopic (exact) mass is 228 g/mol. The van der Waals surface area contributed by atoms with Crippen LogP contribution in [0.2, 0.25) is 0 Å². The second-order valence-corrected chi connectivity index (χ2v) is 4.51. The van der Waals surface area contributed by atoms with Gasteiger partial charge in [-0.15, -0.1) is 0 Å². The van der Waals surface area contributed by atoms with Gasteiger partial charge in [0.1, 0.15) is 0 Å². The fourth-order valence-electron chi connectivity index (χ4n) is 2.07. The molecule has 0 aliphatic rings. The molecule has 0 spiro atoms. The van der Waals surface area contributed by atoms with Crippen molar-refractivity contribution in [3.63, 3.8) is 0 Å².